The van der Waals surface area contributed by atoms with Crippen LogP contribution in [0.4, 0.5) is 0 Å². The molecule has 1 heterocycles. The van der Waals surface area contributed by atoms with Crippen LogP contribution in [0, 0.1) is 0 Å². The zero-order valence-electron chi connectivity index (χ0n) is 11.6. The molecule has 0 saturated heterocycles. The molecule has 3 rings (SSSR count). The predicted octanol–water partition coefficient (Wildman–Crippen LogP) is 2.34. The fraction of sp³-hybridized carbons (Fsp3) is 0.133. The van der Waals surface area contributed by atoms with Gasteiger partial charge in [0.05, 0.1) is 4.90 Å². The number of carboxylic acids is 1. The van der Waals surface area contributed by atoms with Gasteiger partial charge in [-0.15, -0.1) is 0 Å². The third-order valence-corrected chi connectivity index (χ3v) is 4.90. The largest absolute Gasteiger partial charge is 0.480 e. The first-order valence-corrected chi connectivity index (χ1v) is 8.03. The van der Waals surface area contributed by atoms with Crippen molar-refractivity contribution in [1.29, 1.82) is 0 Å². The third-order valence-electron chi connectivity index (χ3n) is 3.36. The third kappa shape index (κ3) is 2.44. The molecule has 0 aliphatic carbocycles. The molecule has 114 valence electrons. The standard InChI is InChI=1S/C15H13NO5S/c1-9(15(17)18)16-22(19,20)10-6-7-14-12(8-10)11-4-2-3-5-13(11)21-14/h2-9,16H,1H3,(H,17,18)/t9-/m0/s1. The van der Waals surface area contributed by atoms with Crippen LogP contribution in [0.15, 0.2) is 51.8 Å². The van der Waals surface area contributed by atoms with Crippen molar-refractivity contribution in [2.45, 2.75) is 17.9 Å². The molecule has 0 unspecified atom stereocenters. The number of sulfonamides is 1. The molecule has 0 spiro atoms. The van der Waals surface area contributed by atoms with Crippen LogP contribution in [0.1, 0.15) is 6.92 Å². The lowest BCUT2D eigenvalue weighted by atomic mass is 10.1. The average Bonchev–Trinajstić information content (AvgIpc) is 2.84. The SMILES string of the molecule is C[C@H](NS(=O)(=O)c1ccc2oc3ccccc3c2c1)C(=O)O. The minimum absolute atomic E-state index is 0.000321. The van der Waals surface area contributed by atoms with Crippen molar-refractivity contribution < 1.29 is 22.7 Å². The summed E-state index contributed by atoms with van der Waals surface area (Å²) in [5, 5.41) is 10.3. The zero-order chi connectivity index (χ0) is 15.9. The van der Waals surface area contributed by atoms with Crippen molar-refractivity contribution in [1.82, 2.24) is 4.72 Å². The molecule has 0 aliphatic rings. The number of hydrogen-bond acceptors (Lipinski definition) is 4. The molecule has 0 aliphatic heterocycles. The molecule has 7 heteroatoms. The van der Waals surface area contributed by atoms with Gasteiger partial charge in [-0.05, 0) is 31.2 Å². The van der Waals surface area contributed by atoms with E-state index in [9.17, 15) is 13.2 Å². The Morgan fingerprint density at radius 2 is 1.82 bits per heavy atom. The van der Waals surface area contributed by atoms with Gasteiger partial charge in [0, 0.05) is 10.8 Å². The summed E-state index contributed by atoms with van der Waals surface area (Å²) in [5.74, 6) is -1.24. The van der Waals surface area contributed by atoms with E-state index in [4.69, 9.17) is 9.52 Å². The van der Waals surface area contributed by atoms with E-state index in [0.29, 0.717) is 16.6 Å². The lowest BCUT2D eigenvalue weighted by Gasteiger charge is -2.10. The van der Waals surface area contributed by atoms with Crippen LogP contribution in [0.2, 0.25) is 0 Å². The Morgan fingerprint density at radius 3 is 2.55 bits per heavy atom. The maximum atomic E-state index is 12.2. The Kier molecular flexibility index (Phi) is 3.38. The van der Waals surface area contributed by atoms with Gasteiger partial charge in [-0.3, -0.25) is 4.79 Å². The summed E-state index contributed by atoms with van der Waals surface area (Å²) in [5.41, 5.74) is 1.24. The first-order valence-electron chi connectivity index (χ1n) is 6.55. The molecule has 0 fully saturated rings. The zero-order valence-corrected chi connectivity index (χ0v) is 12.4. The van der Waals surface area contributed by atoms with Crippen LogP contribution in [0.25, 0.3) is 21.9 Å². The topological polar surface area (TPSA) is 96.6 Å². The quantitative estimate of drug-likeness (QED) is 0.769. The van der Waals surface area contributed by atoms with Gasteiger partial charge in [0.2, 0.25) is 10.0 Å². The highest BCUT2D eigenvalue weighted by atomic mass is 32.2. The predicted molar refractivity (Wildman–Crippen MR) is 81.1 cm³/mol. The normalized spacial score (nSPS) is 13.5. The van der Waals surface area contributed by atoms with Crippen LogP contribution >= 0.6 is 0 Å². The minimum Gasteiger partial charge on any atom is -0.480 e. The average molecular weight is 319 g/mol. The van der Waals surface area contributed by atoms with Crippen molar-refractivity contribution in [3.63, 3.8) is 0 Å². The first-order chi connectivity index (χ1) is 10.4. The molecule has 3 aromatic rings. The lowest BCUT2D eigenvalue weighted by molar-refractivity contribution is -0.138. The number of aliphatic carboxylic acids is 1. The number of nitrogens with one attached hydrogen (secondary N) is 1. The van der Waals surface area contributed by atoms with Gasteiger partial charge < -0.3 is 9.52 Å². The number of carboxylic acid groups (broad SMARTS) is 1. The fourth-order valence-corrected chi connectivity index (χ4v) is 3.45. The van der Waals surface area contributed by atoms with Crippen LogP contribution < -0.4 is 4.72 Å². The maximum Gasteiger partial charge on any atom is 0.321 e. The number of carbonyl (C=O) groups is 1. The van der Waals surface area contributed by atoms with Crippen LogP contribution in [0.5, 0.6) is 0 Å². The van der Waals surface area contributed by atoms with E-state index in [0.717, 1.165) is 5.39 Å². The Bertz CT molecular complexity index is 974. The highest BCUT2D eigenvalue weighted by Crippen LogP contribution is 2.30. The molecule has 6 nitrogen and oxygen atoms in total. The molecule has 1 aromatic heterocycles. The highest BCUT2D eigenvalue weighted by molar-refractivity contribution is 7.89. The lowest BCUT2D eigenvalue weighted by Crippen LogP contribution is -2.38. The van der Waals surface area contributed by atoms with E-state index in [1.165, 1.54) is 19.1 Å². The molecule has 2 aromatic carbocycles. The second-order valence-electron chi connectivity index (χ2n) is 4.94. The van der Waals surface area contributed by atoms with Crippen molar-refractivity contribution in [3.05, 3.63) is 42.5 Å². The summed E-state index contributed by atoms with van der Waals surface area (Å²) in [4.78, 5) is 10.8. The monoisotopic (exact) mass is 319 g/mol. The van der Waals surface area contributed by atoms with Gasteiger partial charge >= 0.3 is 5.97 Å². The summed E-state index contributed by atoms with van der Waals surface area (Å²) in [6.07, 6.45) is 0. The molecular weight excluding hydrogens is 306 g/mol. The molecule has 22 heavy (non-hydrogen) atoms. The van der Waals surface area contributed by atoms with Crippen molar-refractivity contribution >= 4 is 37.9 Å². The summed E-state index contributed by atoms with van der Waals surface area (Å²) in [6.45, 7) is 1.27. The van der Waals surface area contributed by atoms with Gasteiger partial charge in [0.1, 0.15) is 17.2 Å². The highest BCUT2D eigenvalue weighted by Gasteiger charge is 2.22. The fourth-order valence-electron chi connectivity index (χ4n) is 2.22. The second kappa shape index (κ2) is 5.11. The Balaban J connectivity index is 2.11. The van der Waals surface area contributed by atoms with Gasteiger partial charge in [-0.2, -0.15) is 4.72 Å². The maximum absolute atomic E-state index is 12.2. The number of benzene rings is 2. The number of furan rings is 1. The van der Waals surface area contributed by atoms with Crippen LogP contribution in [-0.4, -0.2) is 25.5 Å². The van der Waals surface area contributed by atoms with Crippen molar-refractivity contribution in [3.8, 4) is 0 Å². The summed E-state index contributed by atoms with van der Waals surface area (Å²) >= 11 is 0. The van der Waals surface area contributed by atoms with Crippen molar-refractivity contribution in [2.24, 2.45) is 0 Å². The van der Waals surface area contributed by atoms with E-state index in [-0.39, 0.29) is 4.90 Å². The van der Waals surface area contributed by atoms with Crippen molar-refractivity contribution in [2.75, 3.05) is 0 Å². The summed E-state index contributed by atoms with van der Waals surface area (Å²) in [7, 11) is -3.92. The Morgan fingerprint density at radius 1 is 1.14 bits per heavy atom. The minimum atomic E-state index is -3.92. The summed E-state index contributed by atoms with van der Waals surface area (Å²) < 4.78 is 32.2. The molecule has 0 radical (unpaired) electrons. The molecule has 0 bridgehead atoms. The van der Waals surface area contributed by atoms with Crippen LogP contribution in [-0.2, 0) is 14.8 Å². The van der Waals surface area contributed by atoms with E-state index in [1.807, 2.05) is 18.2 Å². The van der Waals surface area contributed by atoms with E-state index >= 15 is 0 Å². The molecule has 0 amide bonds. The van der Waals surface area contributed by atoms with Gasteiger partial charge in [-0.1, -0.05) is 18.2 Å². The number of hydrogen-bond donors (Lipinski definition) is 2. The summed E-state index contributed by atoms with van der Waals surface area (Å²) in [6, 6.07) is 10.5. The number of rotatable bonds is 4. The smallest absolute Gasteiger partial charge is 0.321 e. The van der Waals surface area contributed by atoms with Gasteiger partial charge in [-0.25, -0.2) is 8.42 Å². The van der Waals surface area contributed by atoms with Gasteiger partial charge in [0.25, 0.3) is 0 Å². The first kappa shape index (κ1) is 14.6. The van der Waals surface area contributed by atoms with Gasteiger partial charge in [0.15, 0.2) is 0 Å². The molecular formula is C15H13NO5S. The molecule has 0 saturated carbocycles. The van der Waals surface area contributed by atoms with E-state index in [1.54, 1.807) is 12.1 Å². The van der Waals surface area contributed by atoms with E-state index in [2.05, 4.69) is 4.72 Å². The Labute approximate surface area is 126 Å². The van der Waals surface area contributed by atoms with E-state index < -0.39 is 22.0 Å². The number of para-hydroxylation sites is 1. The van der Waals surface area contributed by atoms with Crippen LogP contribution in [0.3, 0.4) is 0 Å². The number of fused-ring (bicyclic) bond motifs is 3. The Hall–Kier alpha value is -2.38. The molecule has 2 N–H and O–H groups in total. The molecule has 1 atom stereocenters. The second-order valence-corrected chi connectivity index (χ2v) is 6.65.